The van der Waals surface area contributed by atoms with Gasteiger partial charge in [-0.15, -0.1) is 0 Å². The number of rotatable bonds is 14. The third kappa shape index (κ3) is 15.5. The number of nitrogens with one attached hydrogen (secondary N) is 1. The van der Waals surface area contributed by atoms with Crippen LogP contribution in [-0.4, -0.2) is 59.6 Å². The number of ether oxygens (including phenoxy) is 2. The van der Waals surface area contributed by atoms with Gasteiger partial charge in [0.2, 0.25) is 0 Å². The molecule has 0 aliphatic rings. The van der Waals surface area contributed by atoms with Gasteiger partial charge in [0.15, 0.2) is 25.0 Å². The molecular formula is C17H41NO6Si4. The smallest absolute Gasteiger partial charge is 0.469 e. The van der Waals surface area contributed by atoms with E-state index in [0.29, 0.717) is 25.6 Å². The third-order valence-electron chi connectivity index (χ3n) is 2.87. The number of hydrogen-bond acceptors (Lipinski definition) is 6. The molecule has 0 fully saturated rings. The number of carbonyl (C=O) groups excluding carboxylic acids is 1. The Labute approximate surface area is 175 Å². The summed E-state index contributed by atoms with van der Waals surface area (Å²) < 4.78 is 29.8. The molecule has 0 saturated heterocycles. The van der Waals surface area contributed by atoms with Gasteiger partial charge in [-0.25, -0.2) is 4.79 Å². The summed E-state index contributed by atoms with van der Waals surface area (Å²) in [6, 6.07) is 0.686. The van der Waals surface area contributed by atoms with Gasteiger partial charge in [-0.2, -0.15) is 0 Å². The Hall–Kier alpha value is -0.442. The second kappa shape index (κ2) is 11.7. The van der Waals surface area contributed by atoms with E-state index in [1.807, 2.05) is 0 Å². The van der Waals surface area contributed by atoms with E-state index in [1.54, 1.807) is 0 Å². The van der Waals surface area contributed by atoms with Crippen molar-refractivity contribution in [2.75, 3.05) is 19.8 Å². The Bertz CT molecular complexity index is 445. The van der Waals surface area contributed by atoms with E-state index in [4.69, 9.17) is 21.8 Å². The maximum atomic E-state index is 11.7. The number of amides is 1. The highest BCUT2D eigenvalue weighted by Crippen LogP contribution is 2.29. The monoisotopic (exact) mass is 467 g/mol. The Morgan fingerprint density at radius 1 is 0.857 bits per heavy atom. The molecule has 7 nitrogen and oxygen atoms in total. The Kier molecular flexibility index (Phi) is 11.5. The lowest BCUT2D eigenvalue weighted by atomic mass is 10.5. The maximum Gasteiger partial charge on any atom is 0.469 e. The van der Waals surface area contributed by atoms with Crippen LogP contribution in [0.5, 0.6) is 0 Å². The van der Waals surface area contributed by atoms with Gasteiger partial charge >= 0.3 is 14.9 Å². The highest BCUT2D eigenvalue weighted by atomic mass is 28.5. The minimum absolute atomic E-state index is 0.187. The molecule has 28 heavy (non-hydrogen) atoms. The minimum atomic E-state index is -2.85. The summed E-state index contributed by atoms with van der Waals surface area (Å²) in [5, 5.41) is 2.77. The van der Waals surface area contributed by atoms with E-state index < -0.39 is 39.8 Å². The summed E-state index contributed by atoms with van der Waals surface area (Å²) in [7, 11) is -8.48. The lowest BCUT2D eigenvalue weighted by Crippen LogP contribution is -2.60. The van der Waals surface area contributed by atoms with Crippen LogP contribution in [0.4, 0.5) is 4.79 Å². The van der Waals surface area contributed by atoms with Gasteiger partial charge in [-0.1, -0.05) is 6.58 Å². The fraction of sp³-hybridized carbons (Fsp3) is 0.824. The summed E-state index contributed by atoms with van der Waals surface area (Å²) in [5.74, 6) is 0. The molecule has 166 valence electrons. The van der Waals surface area contributed by atoms with E-state index in [2.05, 4.69) is 70.8 Å². The fourth-order valence-corrected chi connectivity index (χ4v) is 17.1. The Balaban J connectivity index is 4.95. The molecule has 0 radical (unpaired) electrons. The predicted molar refractivity (Wildman–Crippen MR) is 124 cm³/mol. The molecule has 0 atom stereocenters. The number of alkyl carbamates (subject to hydrolysis) is 1. The van der Waals surface area contributed by atoms with Crippen LogP contribution >= 0.6 is 0 Å². The number of hydrogen-bond donors (Lipinski definition) is 1. The van der Waals surface area contributed by atoms with E-state index in [-0.39, 0.29) is 6.61 Å². The molecule has 0 heterocycles. The van der Waals surface area contributed by atoms with Crippen molar-refractivity contribution in [2.24, 2.45) is 0 Å². The molecule has 0 aliphatic carbocycles. The molecule has 0 aromatic rings. The van der Waals surface area contributed by atoms with Crippen molar-refractivity contribution in [3.05, 3.63) is 12.8 Å². The van der Waals surface area contributed by atoms with Crippen molar-refractivity contribution in [1.29, 1.82) is 0 Å². The van der Waals surface area contributed by atoms with Crippen LogP contribution in [0.1, 0.15) is 6.42 Å². The van der Waals surface area contributed by atoms with Crippen LogP contribution in [0.2, 0.25) is 65.0 Å². The quantitative estimate of drug-likeness (QED) is 0.225. The van der Waals surface area contributed by atoms with Crippen LogP contribution < -0.4 is 5.32 Å². The molecule has 11 heteroatoms. The average Bonchev–Trinajstić information content (AvgIpc) is 2.42. The van der Waals surface area contributed by atoms with Gasteiger partial charge in [0.1, 0.15) is 13.2 Å². The summed E-state index contributed by atoms with van der Waals surface area (Å²) in [6.45, 7) is 23.9. The Morgan fingerprint density at radius 3 is 1.71 bits per heavy atom. The van der Waals surface area contributed by atoms with E-state index in [9.17, 15) is 4.79 Å². The molecule has 0 aromatic carbocycles. The third-order valence-corrected chi connectivity index (χ3v) is 14.9. The first kappa shape index (κ1) is 27.6. The van der Waals surface area contributed by atoms with Crippen LogP contribution in [0.25, 0.3) is 0 Å². The summed E-state index contributed by atoms with van der Waals surface area (Å²) in [6.07, 6.45) is 1.58. The zero-order chi connectivity index (χ0) is 22.1. The van der Waals surface area contributed by atoms with E-state index in [0.717, 1.165) is 0 Å². The number of carbonyl (C=O) groups is 1. The van der Waals surface area contributed by atoms with Crippen LogP contribution in [0.15, 0.2) is 12.8 Å². The molecule has 0 rings (SSSR count). The van der Waals surface area contributed by atoms with Gasteiger partial charge in [0.25, 0.3) is 0 Å². The zero-order valence-electron chi connectivity index (χ0n) is 19.3. The van der Waals surface area contributed by atoms with Crippen molar-refractivity contribution in [3.8, 4) is 0 Å². The van der Waals surface area contributed by atoms with Crippen molar-refractivity contribution in [3.63, 3.8) is 0 Å². The lowest BCUT2D eigenvalue weighted by Gasteiger charge is -2.42. The van der Waals surface area contributed by atoms with Crippen LogP contribution in [0, 0.1) is 0 Å². The fourth-order valence-electron chi connectivity index (χ4n) is 2.43. The maximum absolute atomic E-state index is 11.7. The molecule has 0 aromatic heterocycles. The summed E-state index contributed by atoms with van der Waals surface area (Å²) >= 11 is 0. The average molecular weight is 468 g/mol. The standard InChI is InChI=1S/C17H41NO6Si4/c1-11-20-14-15-21-17(19)18-13-12-16-28(22-25(2,3)4,23-26(5,6)7)24-27(8,9)10/h11H,1,12-16H2,2-10H3,(H,18,19). The highest BCUT2D eigenvalue weighted by molar-refractivity contribution is 6.90. The molecule has 0 aliphatic heterocycles. The van der Waals surface area contributed by atoms with Crippen LogP contribution in [-0.2, 0) is 21.8 Å². The second-order valence-electron chi connectivity index (χ2n) is 9.53. The zero-order valence-corrected chi connectivity index (χ0v) is 23.3. The largest absolute Gasteiger partial charge is 0.498 e. The SMILES string of the molecule is C=COCCOC(=O)NCCC[Si](O[Si](C)(C)C)(O[Si](C)(C)C)O[Si](C)(C)C. The topological polar surface area (TPSA) is 75.3 Å². The molecule has 1 amide bonds. The van der Waals surface area contributed by atoms with Gasteiger partial charge in [0.05, 0.1) is 6.26 Å². The lowest BCUT2D eigenvalue weighted by molar-refractivity contribution is 0.112. The van der Waals surface area contributed by atoms with Crippen molar-refractivity contribution < 1.29 is 26.6 Å². The first-order valence-corrected chi connectivity index (χ1v) is 22.0. The second-order valence-corrected chi connectivity index (χ2v) is 26.5. The van der Waals surface area contributed by atoms with Crippen molar-refractivity contribution in [1.82, 2.24) is 5.32 Å². The molecule has 0 spiro atoms. The highest BCUT2D eigenvalue weighted by Gasteiger charge is 2.49. The first-order chi connectivity index (χ1) is 12.6. The molecule has 1 N–H and O–H groups in total. The first-order valence-electron chi connectivity index (χ1n) is 9.81. The molecule has 0 saturated carbocycles. The Morgan fingerprint density at radius 2 is 1.32 bits per heavy atom. The van der Waals surface area contributed by atoms with E-state index >= 15 is 0 Å². The van der Waals surface area contributed by atoms with Crippen molar-refractivity contribution >= 4 is 39.8 Å². The molecular weight excluding hydrogens is 427 g/mol. The van der Waals surface area contributed by atoms with Gasteiger partial charge in [0, 0.05) is 12.6 Å². The normalized spacial score (nSPS) is 13.2. The van der Waals surface area contributed by atoms with Gasteiger partial charge in [-0.05, 0) is 65.3 Å². The van der Waals surface area contributed by atoms with E-state index in [1.165, 1.54) is 6.26 Å². The van der Waals surface area contributed by atoms with Crippen molar-refractivity contribution in [2.45, 2.75) is 71.4 Å². The van der Waals surface area contributed by atoms with Gasteiger partial charge in [-0.3, -0.25) is 0 Å². The minimum Gasteiger partial charge on any atom is -0.498 e. The van der Waals surface area contributed by atoms with Crippen LogP contribution in [0.3, 0.4) is 0 Å². The molecule has 0 unspecified atom stereocenters. The summed E-state index contributed by atoms with van der Waals surface area (Å²) in [4.78, 5) is 11.7. The molecule has 0 bridgehead atoms. The summed E-state index contributed by atoms with van der Waals surface area (Å²) in [5.41, 5.74) is 0. The predicted octanol–water partition coefficient (Wildman–Crippen LogP) is 4.76. The van der Waals surface area contributed by atoms with Gasteiger partial charge < -0.3 is 27.1 Å².